The Kier molecular flexibility index (Phi) is 7.20. The third-order valence-electron chi connectivity index (χ3n) is 3.42. The van der Waals surface area contributed by atoms with Crippen LogP contribution in [0.25, 0.3) is 0 Å². The first-order valence-electron chi connectivity index (χ1n) is 6.70. The van der Waals surface area contributed by atoms with Gasteiger partial charge in [-0.15, -0.1) is 0 Å². The van der Waals surface area contributed by atoms with E-state index in [2.05, 4.69) is 0 Å². The molecule has 1 aromatic heterocycles. The molecule has 0 atom stereocenters. The second kappa shape index (κ2) is 8.40. The average Bonchev–Trinajstić information content (AvgIpc) is 2.43. The second-order valence-corrected chi connectivity index (χ2v) is 5.00. The van der Waals surface area contributed by atoms with Gasteiger partial charge >= 0.3 is 0 Å². The van der Waals surface area contributed by atoms with E-state index in [9.17, 15) is 4.79 Å². The van der Waals surface area contributed by atoms with Gasteiger partial charge in [0.1, 0.15) is 5.75 Å². The minimum atomic E-state index is 0. The van der Waals surface area contributed by atoms with Crippen LogP contribution in [0.1, 0.15) is 16.7 Å². The Labute approximate surface area is 151 Å². The van der Waals surface area contributed by atoms with Crippen LogP contribution in [-0.4, -0.2) is 12.9 Å². The molecule has 1 aromatic carbocycles. The molecular weight excluding hydrogens is 339 g/mol. The van der Waals surface area contributed by atoms with Crippen LogP contribution < -0.4 is 9.30 Å². The third kappa shape index (κ3) is 5.01. The van der Waals surface area contributed by atoms with Crippen LogP contribution in [0.2, 0.25) is 0 Å². The zero-order valence-corrected chi connectivity index (χ0v) is 15.6. The summed E-state index contributed by atoms with van der Waals surface area (Å²) in [6, 6.07) is 9.75. The number of aryl methyl sites for hydroxylation is 2. The summed E-state index contributed by atoms with van der Waals surface area (Å²) in [7, 11) is 1.66. The van der Waals surface area contributed by atoms with Crippen LogP contribution in [0.5, 0.6) is 5.75 Å². The monoisotopic (exact) mass is 359 g/mol. The number of hydrogen-bond acceptors (Lipinski definition) is 2. The fraction of sp³-hybridized carbons (Fsp3) is 0.294. The van der Waals surface area contributed by atoms with E-state index in [0.29, 0.717) is 13.0 Å². The maximum absolute atomic E-state index is 12.2. The first-order chi connectivity index (χ1) is 9.60. The van der Waals surface area contributed by atoms with Crippen LogP contribution in [0.4, 0.5) is 0 Å². The number of Topliss-reactive ketones (excluding diaryl/α,β-unsaturated/α-hetero) is 1. The van der Waals surface area contributed by atoms with Crippen molar-refractivity contribution < 1.29 is 46.8 Å². The molecule has 107 valence electrons. The van der Waals surface area contributed by atoms with Crippen LogP contribution in [0.15, 0.2) is 42.7 Å². The number of ether oxygens (including phenoxy) is 1. The van der Waals surface area contributed by atoms with Crippen molar-refractivity contribution in [1.82, 2.24) is 0 Å². The predicted octanol–water partition coefficient (Wildman–Crippen LogP) is 2.41. The Hall–Kier alpha value is -1.06. The Balaban J connectivity index is 0.00000220. The summed E-state index contributed by atoms with van der Waals surface area (Å²) in [5, 5.41) is 0. The van der Waals surface area contributed by atoms with Crippen molar-refractivity contribution in [1.29, 1.82) is 0 Å². The maximum Gasteiger partial charge on any atom is 0.206 e. The molecule has 0 bridgehead atoms. The van der Waals surface area contributed by atoms with Gasteiger partial charge in [-0.05, 0) is 42.7 Å². The molecule has 2 aromatic rings. The number of aromatic nitrogens is 1. The van der Waals surface area contributed by atoms with E-state index in [1.165, 1.54) is 0 Å². The fourth-order valence-electron chi connectivity index (χ4n) is 2.35. The van der Waals surface area contributed by atoms with Crippen LogP contribution in [-0.2, 0) is 50.5 Å². The number of pyridine rings is 1. The first kappa shape index (κ1) is 18.0. The Morgan fingerprint density at radius 2 is 1.67 bits per heavy atom. The van der Waals surface area contributed by atoms with Gasteiger partial charge in [0.2, 0.25) is 12.3 Å². The number of ketones is 1. The predicted molar refractivity (Wildman–Crippen MR) is 77.8 cm³/mol. The van der Waals surface area contributed by atoms with Gasteiger partial charge in [0.05, 0.1) is 7.11 Å². The first-order valence-corrected chi connectivity index (χ1v) is 6.70. The van der Waals surface area contributed by atoms with Gasteiger partial charge in [-0.2, -0.15) is 4.57 Å². The summed E-state index contributed by atoms with van der Waals surface area (Å²) in [5.41, 5.74) is 3.31. The van der Waals surface area contributed by atoms with E-state index in [4.69, 9.17) is 4.74 Å². The molecule has 0 aliphatic carbocycles. The quantitative estimate of drug-likeness (QED) is 0.768. The van der Waals surface area contributed by atoms with Crippen molar-refractivity contribution in [3.8, 4) is 5.75 Å². The van der Waals surface area contributed by atoms with Crippen molar-refractivity contribution in [2.24, 2.45) is 0 Å². The molecule has 2 rings (SSSR count). The minimum absolute atomic E-state index is 0. The zero-order chi connectivity index (χ0) is 14.5. The number of rotatable bonds is 5. The molecule has 0 fully saturated rings. The molecule has 0 saturated carbocycles. The molecule has 4 heteroatoms. The molecular formula is C17H20NO2Y+. The van der Waals surface area contributed by atoms with E-state index < -0.39 is 0 Å². The Morgan fingerprint density at radius 3 is 2.19 bits per heavy atom. The van der Waals surface area contributed by atoms with Crippen molar-refractivity contribution in [3.05, 3.63) is 59.4 Å². The number of hydrogen-bond donors (Lipinski definition) is 0. The van der Waals surface area contributed by atoms with Gasteiger partial charge in [-0.3, -0.25) is 4.79 Å². The van der Waals surface area contributed by atoms with E-state index in [1.54, 1.807) is 7.11 Å². The molecule has 0 amide bonds. The summed E-state index contributed by atoms with van der Waals surface area (Å²) < 4.78 is 7.14. The second-order valence-electron chi connectivity index (χ2n) is 5.00. The summed E-state index contributed by atoms with van der Waals surface area (Å²) >= 11 is 0. The maximum atomic E-state index is 12.2. The van der Waals surface area contributed by atoms with E-state index >= 15 is 0 Å². The van der Waals surface area contributed by atoms with Crippen molar-refractivity contribution >= 4 is 5.78 Å². The van der Waals surface area contributed by atoms with Gasteiger partial charge in [-0.25, -0.2) is 0 Å². The summed E-state index contributed by atoms with van der Waals surface area (Å²) in [6.07, 6.45) is 4.28. The smallest absolute Gasteiger partial charge is 0.206 e. The fourth-order valence-corrected chi connectivity index (χ4v) is 2.35. The van der Waals surface area contributed by atoms with Crippen molar-refractivity contribution in [3.63, 3.8) is 0 Å². The third-order valence-corrected chi connectivity index (χ3v) is 3.42. The molecule has 0 unspecified atom stereocenters. The molecule has 0 N–H and O–H groups in total. The normalized spacial score (nSPS) is 9.86. The number of carbonyl (C=O) groups excluding carboxylic acids is 1. The van der Waals surface area contributed by atoms with E-state index in [0.717, 1.165) is 22.4 Å². The van der Waals surface area contributed by atoms with Gasteiger partial charge < -0.3 is 4.74 Å². The number of benzene rings is 1. The molecule has 1 radical (unpaired) electrons. The number of nitrogens with zero attached hydrogens (tertiary/aromatic N) is 1. The topological polar surface area (TPSA) is 30.2 Å². The van der Waals surface area contributed by atoms with Gasteiger partial charge in [-0.1, -0.05) is 6.07 Å². The van der Waals surface area contributed by atoms with Gasteiger partial charge in [0.25, 0.3) is 0 Å². The van der Waals surface area contributed by atoms with Gasteiger partial charge in [0, 0.05) is 51.3 Å². The number of methoxy groups -OCH3 is 1. The summed E-state index contributed by atoms with van der Waals surface area (Å²) in [4.78, 5) is 12.2. The molecule has 21 heavy (non-hydrogen) atoms. The van der Waals surface area contributed by atoms with E-state index in [-0.39, 0.29) is 38.5 Å². The molecule has 0 aliphatic rings. The van der Waals surface area contributed by atoms with E-state index in [1.807, 2.05) is 61.1 Å². The van der Waals surface area contributed by atoms with Crippen molar-refractivity contribution in [2.45, 2.75) is 26.8 Å². The molecule has 0 aliphatic heterocycles. The molecule has 0 saturated heterocycles. The molecule has 0 spiro atoms. The largest absolute Gasteiger partial charge is 0.497 e. The average molecular weight is 359 g/mol. The molecule has 3 nitrogen and oxygen atoms in total. The van der Waals surface area contributed by atoms with Crippen LogP contribution >= 0.6 is 0 Å². The SMILES string of the molecule is COc1cc(C)c(CC(=O)C[n+]2ccccc2)c(C)c1.[Y]. The number of carbonyl (C=O) groups is 1. The zero-order valence-electron chi connectivity index (χ0n) is 12.8. The minimum Gasteiger partial charge on any atom is -0.497 e. The summed E-state index contributed by atoms with van der Waals surface area (Å²) in [6.45, 7) is 4.45. The Morgan fingerprint density at radius 1 is 1.10 bits per heavy atom. The standard InChI is InChI=1S/C17H20NO2.Y/c1-13-9-16(20-3)10-14(2)17(13)11-15(19)12-18-7-5-4-6-8-18;/h4-10H,11-12H2,1-3H3;/q+1;. The Bertz CT molecular complexity index is 588. The van der Waals surface area contributed by atoms with Gasteiger partial charge in [0.15, 0.2) is 12.4 Å². The van der Waals surface area contributed by atoms with Crippen molar-refractivity contribution in [2.75, 3.05) is 7.11 Å². The summed E-state index contributed by atoms with van der Waals surface area (Å²) in [5.74, 6) is 1.05. The van der Waals surface area contributed by atoms with Crippen LogP contribution in [0.3, 0.4) is 0 Å². The van der Waals surface area contributed by atoms with Crippen LogP contribution in [0, 0.1) is 13.8 Å². The molecule has 1 heterocycles.